The zero-order valence-electron chi connectivity index (χ0n) is 14.0. The van der Waals surface area contributed by atoms with E-state index in [-0.39, 0.29) is 5.82 Å². The number of hydrogen-bond donors (Lipinski definition) is 1. The van der Waals surface area contributed by atoms with Gasteiger partial charge in [0.1, 0.15) is 5.82 Å². The molecule has 0 saturated heterocycles. The summed E-state index contributed by atoms with van der Waals surface area (Å²) in [6, 6.07) is 12.3. The average molecular weight is 392 g/mol. The molecule has 0 bridgehead atoms. The molecule has 0 radical (unpaired) electrons. The van der Waals surface area contributed by atoms with Gasteiger partial charge in [0.15, 0.2) is 5.03 Å². The highest BCUT2D eigenvalue weighted by atomic mass is 35.5. The van der Waals surface area contributed by atoms with Crippen LogP contribution in [0.5, 0.6) is 0 Å². The molecule has 0 amide bonds. The minimum atomic E-state index is -4.07. The van der Waals surface area contributed by atoms with E-state index >= 15 is 0 Å². The second-order valence-electron chi connectivity index (χ2n) is 5.70. The number of nitrogens with one attached hydrogen (secondary N) is 1. The number of rotatable bonds is 4. The number of benzene rings is 1. The molecular formula is C18H15ClFN3O2S. The van der Waals surface area contributed by atoms with Crippen molar-refractivity contribution in [2.24, 2.45) is 0 Å². The first-order valence-electron chi connectivity index (χ1n) is 7.66. The normalized spacial score (nSPS) is 11.4. The Morgan fingerprint density at radius 2 is 1.62 bits per heavy atom. The molecule has 2 heterocycles. The molecule has 1 N–H and O–H groups in total. The molecule has 0 saturated carbocycles. The largest absolute Gasteiger partial charge is 0.280 e. The van der Waals surface area contributed by atoms with E-state index in [1.165, 1.54) is 18.2 Å². The minimum absolute atomic E-state index is 0.0677. The molecule has 3 rings (SSSR count). The van der Waals surface area contributed by atoms with Gasteiger partial charge in [0.2, 0.25) is 5.95 Å². The van der Waals surface area contributed by atoms with Crippen LogP contribution in [0, 0.1) is 19.8 Å². The highest BCUT2D eigenvalue weighted by Gasteiger charge is 2.19. The van der Waals surface area contributed by atoms with Crippen molar-refractivity contribution in [2.75, 3.05) is 4.72 Å². The molecule has 1 aromatic carbocycles. The lowest BCUT2D eigenvalue weighted by Crippen LogP contribution is -2.16. The Morgan fingerprint density at radius 3 is 2.27 bits per heavy atom. The van der Waals surface area contributed by atoms with Gasteiger partial charge in [-0.25, -0.2) is 9.97 Å². The van der Waals surface area contributed by atoms with Gasteiger partial charge < -0.3 is 0 Å². The molecule has 3 aromatic rings. The lowest BCUT2D eigenvalue weighted by molar-refractivity contribution is 0.558. The number of halogens is 2. The SMILES string of the molecule is Cc1cccc(C)c1-c1nc(NS(=O)(=O)c2cccc(F)n2)ccc1Cl. The number of anilines is 1. The maximum atomic E-state index is 13.2. The summed E-state index contributed by atoms with van der Waals surface area (Å²) >= 11 is 6.28. The fourth-order valence-corrected chi connectivity index (χ4v) is 3.75. The second kappa shape index (κ2) is 7.01. The third-order valence-corrected chi connectivity index (χ3v) is 5.33. The topological polar surface area (TPSA) is 72.0 Å². The van der Waals surface area contributed by atoms with Gasteiger partial charge >= 0.3 is 0 Å². The molecule has 5 nitrogen and oxygen atoms in total. The van der Waals surface area contributed by atoms with E-state index < -0.39 is 21.0 Å². The first-order chi connectivity index (χ1) is 12.3. The van der Waals surface area contributed by atoms with Gasteiger partial charge in [-0.05, 0) is 49.2 Å². The number of aromatic nitrogens is 2. The monoisotopic (exact) mass is 391 g/mol. The summed E-state index contributed by atoms with van der Waals surface area (Å²) in [4.78, 5) is 7.75. The number of nitrogens with zero attached hydrogens (tertiary/aromatic N) is 2. The Labute approximate surface area is 155 Å². The van der Waals surface area contributed by atoms with Gasteiger partial charge in [-0.15, -0.1) is 0 Å². The summed E-state index contributed by atoms with van der Waals surface area (Å²) in [5.41, 5.74) is 3.23. The maximum Gasteiger partial charge on any atom is 0.280 e. The second-order valence-corrected chi connectivity index (χ2v) is 7.73. The van der Waals surface area contributed by atoms with E-state index in [9.17, 15) is 12.8 Å². The molecule has 0 spiro atoms. The zero-order chi connectivity index (χ0) is 18.9. The Morgan fingerprint density at radius 1 is 0.962 bits per heavy atom. The van der Waals surface area contributed by atoms with Crippen molar-refractivity contribution >= 4 is 27.4 Å². The molecule has 26 heavy (non-hydrogen) atoms. The smallest absolute Gasteiger partial charge is 0.262 e. The van der Waals surface area contributed by atoms with Crippen LogP contribution in [0.15, 0.2) is 53.6 Å². The van der Waals surface area contributed by atoms with Crippen LogP contribution in [0.3, 0.4) is 0 Å². The van der Waals surface area contributed by atoms with Gasteiger partial charge in [-0.2, -0.15) is 12.8 Å². The van der Waals surface area contributed by atoms with E-state index in [1.54, 1.807) is 6.07 Å². The summed E-state index contributed by atoms with van der Waals surface area (Å²) in [6.45, 7) is 3.85. The molecule has 0 unspecified atom stereocenters. The van der Waals surface area contributed by atoms with Gasteiger partial charge in [-0.1, -0.05) is 35.9 Å². The van der Waals surface area contributed by atoms with Gasteiger partial charge in [0.25, 0.3) is 10.0 Å². The fourth-order valence-electron chi connectivity index (χ4n) is 2.59. The third-order valence-electron chi connectivity index (χ3n) is 3.77. The van der Waals surface area contributed by atoms with Crippen molar-refractivity contribution in [1.82, 2.24) is 9.97 Å². The Balaban J connectivity index is 2.03. The summed E-state index contributed by atoms with van der Waals surface area (Å²) in [6.07, 6.45) is 0. The van der Waals surface area contributed by atoms with Crippen molar-refractivity contribution in [3.05, 3.63) is 70.6 Å². The van der Waals surface area contributed by atoms with Crippen molar-refractivity contribution in [3.63, 3.8) is 0 Å². The van der Waals surface area contributed by atoms with Crippen molar-refractivity contribution in [1.29, 1.82) is 0 Å². The van der Waals surface area contributed by atoms with Gasteiger partial charge in [0, 0.05) is 5.56 Å². The van der Waals surface area contributed by atoms with Crippen LogP contribution >= 0.6 is 11.6 Å². The lowest BCUT2D eigenvalue weighted by atomic mass is 9.99. The van der Waals surface area contributed by atoms with E-state index in [1.807, 2.05) is 32.0 Å². The van der Waals surface area contributed by atoms with Crippen LogP contribution in [-0.4, -0.2) is 18.4 Å². The first kappa shape index (κ1) is 18.3. The summed E-state index contributed by atoms with van der Waals surface area (Å²) in [7, 11) is -4.07. The third kappa shape index (κ3) is 3.68. The van der Waals surface area contributed by atoms with E-state index in [0.29, 0.717) is 10.7 Å². The predicted octanol–water partition coefficient (Wildman–Crippen LogP) is 4.35. The number of hydrogen-bond acceptors (Lipinski definition) is 4. The molecule has 8 heteroatoms. The van der Waals surface area contributed by atoms with Crippen molar-refractivity contribution < 1.29 is 12.8 Å². The fraction of sp³-hybridized carbons (Fsp3) is 0.111. The van der Waals surface area contributed by atoms with Crippen molar-refractivity contribution in [3.8, 4) is 11.3 Å². The van der Waals surface area contributed by atoms with Crippen LogP contribution in [0.25, 0.3) is 11.3 Å². The minimum Gasteiger partial charge on any atom is -0.262 e. The molecule has 0 atom stereocenters. The van der Waals surface area contributed by atoms with E-state index in [4.69, 9.17) is 11.6 Å². The standard InChI is InChI=1S/C18H15ClFN3O2S/c1-11-5-3-6-12(2)17(11)18-13(19)9-10-15(22-18)23-26(24,25)16-8-4-7-14(20)21-16/h3-10H,1-2H3,(H,22,23). The quantitative estimate of drug-likeness (QED) is 0.671. The molecule has 0 aliphatic rings. The Kier molecular flexibility index (Phi) is 4.93. The number of aryl methyl sites for hydroxylation is 2. The summed E-state index contributed by atoms with van der Waals surface area (Å²) < 4.78 is 40.4. The predicted molar refractivity (Wildman–Crippen MR) is 99.2 cm³/mol. The van der Waals surface area contributed by atoms with E-state index in [0.717, 1.165) is 22.8 Å². The summed E-state index contributed by atoms with van der Waals surface area (Å²) in [5.74, 6) is -0.814. The van der Waals surface area contributed by atoms with Crippen LogP contribution < -0.4 is 4.72 Å². The zero-order valence-corrected chi connectivity index (χ0v) is 15.6. The van der Waals surface area contributed by atoms with Gasteiger partial charge in [-0.3, -0.25) is 4.72 Å². The summed E-state index contributed by atoms with van der Waals surface area (Å²) in [5, 5.41) is -0.0305. The molecule has 0 aliphatic carbocycles. The lowest BCUT2D eigenvalue weighted by Gasteiger charge is -2.13. The molecule has 134 valence electrons. The highest BCUT2D eigenvalue weighted by Crippen LogP contribution is 2.32. The molecule has 0 fully saturated rings. The van der Waals surface area contributed by atoms with Crippen LogP contribution in [0.2, 0.25) is 5.02 Å². The maximum absolute atomic E-state index is 13.2. The van der Waals surface area contributed by atoms with Crippen LogP contribution in [0.1, 0.15) is 11.1 Å². The van der Waals surface area contributed by atoms with Crippen LogP contribution in [-0.2, 0) is 10.0 Å². The Hall–Kier alpha value is -2.51. The average Bonchev–Trinajstić information content (AvgIpc) is 2.57. The molecular weight excluding hydrogens is 377 g/mol. The molecule has 0 aliphatic heterocycles. The highest BCUT2D eigenvalue weighted by molar-refractivity contribution is 7.92. The molecule has 2 aromatic heterocycles. The van der Waals surface area contributed by atoms with Crippen LogP contribution in [0.4, 0.5) is 10.2 Å². The first-order valence-corrected chi connectivity index (χ1v) is 9.52. The number of pyridine rings is 2. The van der Waals surface area contributed by atoms with E-state index in [2.05, 4.69) is 14.7 Å². The van der Waals surface area contributed by atoms with Crippen molar-refractivity contribution in [2.45, 2.75) is 18.9 Å². The Bertz CT molecular complexity index is 1070. The van der Waals surface area contributed by atoms with Gasteiger partial charge in [0.05, 0.1) is 10.7 Å². The number of sulfonamides is 1.